The zero-order chi connectivity index (χ0) is 19.8. The second-order valence-electron chi connectivity index (χ2n) is 7.70. The number of nitrogens with zero attached hydrogens (tertiary/aromatic N) is 3. The Labute approximate surface area is 167 Å². The highest BCUT2D eigenvalue weighted by atomic mass is 16.6. The molecule has 2 aliphatic rings. The van der Waals surface area contributed by atoms with Crippen molar-refractivity contribution in [1.82, 2.24) is 15.2 Å². The predicted molar refractivity (Wildman–Crippen MR) is 102 cm³/mol. The Balaban J connectivity index is 1.34. The van der Waals surface area contributed by atoms with E-state index in [1.165, 1.54) is 0 Å². The van der Waals surface area contributed by atoms with E-state index in [2.05, 4.69) is 10.3 Å². The molecule has 2 fully saturated rings. The van der Waals surface area contributed by atoms with Gasteiger partial charge in [0.05, 0.1) is 30.9 Å². The number of ether oxygens (including phenoxy) is 2. The van der Waals surface area contributed by atoms with Gasteiger partial charge in [0, 0.05) is 12.8 Å². The molecule has 29 heavy (non-hydrogen) atoms. The maximum atomic E-state index is 12.8. The summed E-state index contributed by atoms with van der Waals surface area (Å²) in [6.45, 7) is 0.955. The van der Waals surface area contributed by atoms with Gasteiger partial charge < -0.3 is 14.6 Å². The van der Waals surface area contributed by atoms with Gasteiger partial charge in [-0.15, -0.1) is 0 Å². The van der Waals surface area contributed by atoms with Crippen LogP contribution in [-0.4, -0.2) is 51.7 Å². The number of hydrogen-bond acceptors (Lipinski definition) is 7. The molecule has 150 valence electrons. The average molecular weight is 395 g/mol. The Bertz CT molecular complexity index is 1010. The van der Waals surface area contributed by atoms with Crippen molar-refractivity contribution in [3.63, 3.8) is 0 Å². The minimum Gasteiger partial charge on any atom is -0.445 e. The third-order valence-corrected chi connectivity index (χ3v) is 5.76. The number of benzene rings is 2. The van der Waals surface area contributed by atoms with Crippen molar-refractivity contribution in [3.05, 3.63) is 59.7 Å². The molecule has 8 heteroatoms. The van der Waals surface area contributed by atoms with Crippen molar-refractivity contribution < 1.29 is 24.0 Å². The minimum atomic E-state index is -1.08. The van der Waals surface area contributed by atoms with E-state index in [1.807, 2.05) is 36.4 Å². The minimum absolute atomic E-state index is 0.219. The van der Waals surface area contributed by atoms with Crippen LogP contribution in [0.5, 0.6) is 0 Å². The summed E-state index contributed by atoms with van der Waals surface area (Å²) in [5, 5.41) is 19.1. The monoisotopic (exact) mass is 395 g/mol. The summed E-state index contributed by atoms with van der Waals surface area (Å²) in [4.78, 5) is 14.5. The van der Waals surface area contributed by atoms with Gasteiger partial charge in [-0.1, -0.05) is 36.4 Å². The van der Waals surface area contributed by atoms with E-state index in [4.69, 9.17) is 14.1 Å². The molecule has 2 saturated heterocycles. The van der Waals surface area contributed by atoms with Gasteiger partial charge >= 0.3 is 6.09 Å². The van der Waals surface area contributed by atoms with Crippen molar-refractivity contribution in [2.75, 3.05) is 13.2 Å². The molecule has 0 radical (unpaired) electrons. The van der Waals surface area contributed by atoms with Crippen LogP contribution in [0.4, 0.5) is 4.79 Å². The Morgan fingerprint density at radius 2 is 1.83 bits per heavy atom. The van der Waals surface area contributed by atoms with Crippen molar-refractivity contribution in [2.45, 2.75) is 37.1 Å². The Morgan fingerprint density at radius 3 is 2.59 bits per heavy atom. The van der Waals surface area contributed by atoms with E-state index in [0.717, 1.165) is 11.1 Å². The molecule has 2 atom stereocenters. The smallest absolute Gasteiger partial charge is 0.410 e. The lowest BCUT2D eigenvalue weighted by Gasteiger charge is -2.51. The number of aromatic nitrogens is 2. The van der Waals surface area contributed by atoms with Crippen LogP contribution in [0.3, 0.4) is 0 Å². The fourth-order valence-corrected chi connectivity index (χ4v) is 4.38. The van der Waals surface area contributed by atoms with Gasteiger partial charge in [-0.2, -0.15) is 0 Å². The summed E-state index contributed by atoms with van der Waals surface area (Å²) in [5.41, 5.74) is 1.84. The molecule has 3 heterocycles. The van der Waals surface area contributed by atoms with Crippen LogP contribution in [0.2, 0.25) is 0 Å². The van der Waals surface area contributed by atoms with Gasteiger partial charge in [-0.05, 0) is 33.6 Å². The summed E-state index contributed by atoms with van der Waals surface area (Å²) < 4.78 is 16.0. The number of amides is 1. The van der Waals surface area contributed by atoms with Crippen LogP contribution < -0.4 is 0 Å². The molecule has 5 rings (SSSR count). The largest absolute Gasteiger partial charge is 0.445 e. The maximum absolute atomic E-state index is 12.8. The van der Waals surface area contributed by atoms with Gasteiger partial charge in [0.15, 0.2) is 0 Å². The number of rotatable bonds is 3. The molecule has 0 saturated carbocycles. The van der Waals surface area contributed by atoms with Gasteiger partial charge in [0.1, 0.15) is 17.6 Å². The summed E-state index contributed by atoms with van der Waals surface area (Å²) in [6.07, 6.45) is 0.354. The third kappa shape index (κ3) is 3.34. The van der Waals surface area contributed by atoms with Gasteiger partial charge in [0.25, 0.3) is 0 Å². The summed E-state index contributed by atoms with van der Waals surface area (Å²) in [5.74, 6) is 0. The molecule has 2 aliphatic heterocycles. The summed E-state index contributed by atoms with van der Waals surface area (Å²) in [7, 11) is 0. The second-order valence-corrected chi connectivity index (χ2v) is 7.70. The SMILES string of the molecule is O=C(OCc1ccccc1)N1C2COCC1CC(O)(c1ccc3nonc3c1)C2. The van der Waals surface area contributed by atoms with Crippen LogP contribution >= 0.6 is 0 Å². The second kappa shape index (κ2) is 7.13. The summed E-state index contributed by atoms with van der Waals surface area (Å²) in [6, 6.07) is 14.5. The zero-order valence-electron chi connectivity index (χ0n) is 15.7. The highest BCUT2D eigenvalue weighted by Gasteiger charge is 2.49. The van der Waals surface area contributed by atoms with Crippen molar-refractivity contribution in [3.8, 4) is 0 Å². The Morgan fingerprint density at radius 1 is 1.10 bits per heavy atom. The number of hydrogen-bond donors (Lipinski definition) is 1. The molecular weight excluding hydrogens is 374 g/mol. The van der Waals surface area contributed by atoms with Crippen molar-refractivity contribution in [1.29, 1.82) is 0 Å². The molecule has 0 spiro atoms. The molecule has 2 aromatic carbocycles. The third-order valence-electron chi connectivity index (χ3n) is 5.76. The fraction of sp³-hybridized carbons (Fsp3) is 0.381. The first-order valence-electron chi connectivity index (χ1n) is 9.64. The van der Waals surface area contributed by atoms with E-state index < -0.39 is 5.60 Å². The lowest BCUT2D eigenvalue weighted by Crippen LogP contribution is -2.62. The topological polar surface area (TPSA) is 97.9 Å². The molecule has 0 aliphatic carbocycles. The average Bonchev–Trinajstić information content (AvgIpc) is 3.20. The van der Waals surface area contributed by atoms with Crippen LogP contribution in [0, 0.1) is 0 Å². The Hall–Kier alpha value is -2.97. The van der Waals surface area contributed by atoms with E-state index in [9.17, 15) is 9.90 Å². The highest BCUT2D eigenvalue weighted by Crippen LogP contribution is 2.41. The van der Waals surface area contributed by atoms with E-state index >= 15 is 0 Å². The number of morpholine rings is 1. The number of carbonyl (C=O) groups is 1. The molecule has 8 nitrogen and oxygen atoms in total. The van der Waals surface area contributed by atoms with Crippen LogP contribution in [-0.2, 0) is 21.7 Å². The van der Waals surface area contributed by atoms with Crippen LogP contribution in [0.1, 0.15) is 24.0 Å². The molecule has 2 bridgehead atoms. The molecule has 3 aromatic rings. The molecule has 1 aromatic heterocycles. The standard InChI is InChI=1S/C21H21N3O5/c25-20(28-11-14-4-2-1-3-5-14)24-16-9-21(26,10-17(24)13-27-12-16)15-6-7-18-19(8-15)23-29-22-18/h1-8,16-17,26H,9-13H2. The van der Waals surface area contributed by atoms with E-state index in [1.54, 1.807) is 17.0 Å². The summed E-state index contributed by atoms with van der Waals surface area (Å²) >= 11 is 0. The maximum Gasteiger partial charge on any atom is 0.410 e. The quantitative estimate of drug-likeness (QED) is 0.728. The van der Waals surface area contributed by atoms with E-state index in [-0.39, 0.29) is 24.8 Å². The number of carbonyl (C=O) groups excluding carboxylic acids is 1. The first-order valence-corrected chi connectivity index (χ1v) is 9.64. The number of fused-ring (bicyclic) bond motifs is 3. The van der Waals surface area contributed by atoms with Crippen molar-refractivity contribution >= 4 is 17.1 Å². The normalized spacial score (nSPS) is 26.4. The van der Waals surface area contributed by atoms with Crippen LogP contribution in [0.15, 0.2) is 53.2 Å². The van der Waals surface area contributed by atoms with Gasteiger partial charge in [0.2, 0.25) is 0 Å². The van der Waals surface area contributed by atoms with Gasteiger partial charge in [-0.25, -0.2) is 9.42 Å². The molecule has 1 N–H and O–H groups in total. The fourth-order valence-electron chi connectivity index (χ4n) is 4.38. The van der Waals surface area contributed by atoms with Gasteiger partial charge in [-0.3, -0.25) is 4.90 Å². The number of aliphatic hydroxyl groups is 1. The van der Waals surface area contributed by atoms with Crippen LogP contribution in [0.25, 0.3) is 11.0 Å². The lowest BCUT2D eigenvalue weighted by atomic mass is 9.77. The first-order chi connectivity index (χ1) is 14.1. The molecule has 1 amide bonds. The number of piperidine rings is 1. The zero-order valence-corrected chi connectivity index (χ0v) is 15.7. The highest BCUT2D eigenvalue weighted by molar-refractivity contribution is 5.74. The molecular formula is C21H21N3O5. The van der Waals surface area contributed by atoms with Crippen molar-refractivity contribution in [2.24, 2.45) is 0 Å². The van der Waals surface area contributed by atoms with E-state index in [0.29, 0.717) is 37.1 Å². The Kier molecular flexibility index (Phi) is 4.44. The molecule has 2 unspecified atom stereocenters. The lowest BCUT2D eigenvalue weighted by molar-refractivity contribution is -0.136. The first kappa shape index (κ1) is 18.1. The predicted octanol–water partition coefficient (Wildman–Crippen LogP) is 2.61.